The summed E-state index contributed by atoms with van der Waals surface area (Å²) in [6, 6.07) is 9.72. The van der Waals surface area contributed by atoms with E-state index in [9.17, 15) is 9.18 Å². The van der Waals surface area contributed by atoms with E-state index >= 15 is 0 Å². The van der Waals surface area contributed by atoms with Crippen molar-refractivity contribution in [3.63, 3.8) is 0 Å². The van der Waals surface area contributed by atoms with Gasteiger partial charge in [-0.05, 0) is 55.7 Å². The van der Waals surface area contributed by atoms with E-state index in [0.717, 1.165) is 11.6 Å². The smallest absolute Gasteiger partial charge is 0.258 e. The van der Waals surface area contributed by atoms with E-state index in [1.165, 1.54) is 23.3 Å². The van der Waals surface area contributed by atoms with Crippen LogP contribution in [0.25, 0.3) is 0 Å². The van der Waals surface area contributed by atoms with Gasteiger partial charge in [-0.25, -0.2) is 4.39 Å². The first kappa shape index (κ1) is 17.3. The second kappa shape index (κ2) is 7.47. The monoisotopic (exact) mass is 335 g/mol. The minimum atomic E-state index is -0.449. The number of benzene rings is 2. The van der Waals surface area contributed by atoms with Crippen LogP contribution in [-0.4, -0.2) is 12.5 Å². The van der Waals surface area contributed by atoms with Crippen molar-refractivity contribution in [2.45, 2.75) is 26.8 Å². The molecule has 0 spiro atoms. The van der Waals surface area contributed by atoms with Crippen molar-refractivity contribution in [1.82, 2.24) is 5.32 Å². The van der Waals surface area contributed by atoms with Crippen LogP contribution in [0.5, 0.6) is 5.75 Å². The highest BCUT2D eigenvalue weighted by atomic mass is 35.5. The standard InChI is InChI=1S/C18H19ClFNO2/c1-11-4-5-14(8-12(11)2)13(3)21-18(22)10-23-17-7-6-15(20)9-16(17)19/h4-9,13H,10H2,1-3H3,(H,21,22). The van der Waals surface area contributed by atoms with E-state index in [1.54, 1.807) is 0 Å². The molecule has 0 aromatic heterocycles. The molecule has 0 aliphatic heterocycles. The van der Waals surface area contributed by atoms with Crippen molar-refractivity contribution in [3.05, 3.63) is 63.9 Å². The molecule has 0 saturated heterocycles. The lowest BCUT2D eigenvalue weighted by molar-refractivity contribution is -0.123. The lowest BCUT2D eigenvalue weighted by atomic mass is 10.0. The normalized spacial score (nSPS) is 11.9. The number of hydrogen-bond acceptors (Lipinski definition) is 2. The Morgan fingerprint density at radius 1 is 1.22 bits per heavy atom. The number of amides is 1. The number of carbonyl (C=O) groups is 1. The summed E-state index contributed by atoms with van der Waals surface area (Å²) in [4.78, 5) is 12.0. The van der Waals surface area contributed by atoms with Gasteiger partial charge in [0.05, 0.1) is 11.1 Å². The van der Waals surface area contributed by atoms with Crippen molar-refractivity contribution >= 4 is 17.5 Å². The van der Waals surface area contributed by atoms with Crippen molar-refractivity contribution in [2.24, 2.45) is 0 Å². The second-order valence-corrected chi connectivity index (χ2v) is 5.90. The van der Waals surface area contributed by atoms with Gasteiger partial charge in [-0.3, -0.25) is 4.79 Å². The molecule has 0 aliphatic rings. The fraction of sp³-hybridized carbons (Fsp3) is 0.278. The van der Waals surface area contributed by atoms with Gasteiger partial charge in [0.15, 0.2) is 6.61 Å². The number of aryl methyl sites for hydroxylation is 2. The van der Waals surface area contributed by atoms with Gasteiger partial charge in [-0.1, -0.05) is 29.8 Å². The van der Waals surface area contributed by atoms with Gasteiger partial charge in [0.1, 0.15) is 11.6 Å². The molecule has 122 valence electrons. The summed E-state index contributed by atoms with van der Waals surface area (Å²) in [7, 11) is 0. The number of nitrogens with one attached hydrogen (secondary N) is 1. The fourth-order valence-corrected chi connectivity index (χ4v) is 2.36. The summed E-state index contributed by atoms with van der Waals surface area (Å²) in [5.74, 6) is -0.437. The highest BCUT2D eigenvalue weighted by Crippen LogP contribution is 2.24. The molecule has 23 heavy (non-hydrogen) atoms. The van der Waals surface area contributed by atoms with E-state index in [0.29, 0.717) is 0 Å². The topological polar surface area (TPSA) is 38.3 Å². The van der Waals surface area contributed by atoms with E-state index in [4.69, 9.17) is 16.3 Å². The fourth-order valence-electron chi connectivity index (χ4n) is 2.14. The minimum Gasteiger partial charge on any atom is -0.482 e. The maximum atomic E-state index is 12.9. The Labute approximate surface area is 140 Å². The number of carbonyl (C=O) groups excluding carboxylic acids is 1. The molecule has 0 fully saturated rings. The minimum absolute atomic E-state index is 0.130. The van der Waals surface area contributed by atoms with Gasteiger partial charge in [0.25, 0.3) is 5.91 Å². The van der Waals surface area contributed by atoms with E-state index in [-0.39, 0.29) is 29.3 Å². The molecule has 1 N–H and O–H groups in total. The van der Waals surface area contributed by atoms with Gasteiger partial charge < -0.3 is 10.1 Å². The largest absolute Gasteiger partial charge is 0.482 e. The number of rotatable bonds is 5. The molecule has 2 rings (SSSR count). The van der Waals surface area contributed by atoms with Crippen LogP contribution in [0.15, 0.2) is 36.4 Å². The van der Waals surface area contributed by atoms with Gasteiger partial charge in [0.2, 0.25) is 0 Å². The van der Waals surface area contributed by atoms with Gasteiger partial charge >= 0.3 is 0 Å². The molecule has 3 nitrogen and oxygen atoms in total. The Morgan fingerprint density at radius 3 is 2.61 bits per heavy atom. The van der Waals surface area contributed by atoms with Crippen LogP contribution in [0.3, 0.4) is 0 Å². The molecule has 1 amide bonds. The van der Waals surface area contributed by atoms with Crippen molar-refractivity contribution in [1.29, 1.82) is 0 Å². The van der Waals surface area contributed by atoms with Crippen LogP contribution >= 0.6 is 11.6 Å². The molecule has 0 radical (unpaired) electrons. The van der Waals surface area contributed by atoms with Crippen LogP contribution in [0.2, 0.25) is 5.02 Å². The van der Waals surface area contributed by atoms with Gasteiger partial charge in [-0.2, -0.15) is 0 Å². The molecule has 0 saturated carbocycles. The molecular formula is C18H19ClFNO2. The van der Waals surface area contributed by atoms with Crippen molar-refractivity contribution < 1.29 is 13.9 Å². The maximum absolute atomic E-state index is 12.9. The summed E-state index contributed by atoms with van der Waals surface area (Å²) in [5.41, 5.74) is 3.42. The van der Waals surface area contributed by atoms with E-state index < -0.39 is 5.82 Å². The van der Waals surface area contributed by atoms with E-state index in [1.807, 2.05) is 32.9 Å². The number of hydrogen-bond donors (Lipinski definition) is 1. The third-order valence-electron chi connectivity index (χ3n) is 3.66. The van der Waals surface area contributed by atoms with Gasteiger partial charge in [0, 0.05) is 0 Å². The van der Waals surface area contributed by atoms with Gasteiger partial charge in [-0.15, -0.1) is 0 Å². The molecule has 5 heteroatoms. The zero-order valence-corrected chi connectivity index (χ0v) is 14.1. The lowest BCUT2D eigenvalue weighted by Gasteiger charge is -2.16. The Morgan fingerprint density at radius 2 is 1.96 bits per heavy atom. The predicted octanol–water partition coefficient (Wildman–Crippen LogP) is 4.35. The molecule has 1 atom stereocenters. The summed E-state index contributed by atoms with van der Waals surface area (Å²) < 4.78 is 18.3. The summed E-state index contributed by atoms with van der Waals surface area (Å²) in [6.45, 7) is 5.81. The summed E-state index contributed by atoms with van der Waals surface area (Å²) in [6.07, 6.45) is 0. The molecule has 2 aromatic carbocycles. The van der Waals surface area contributed by atoms with Crippen LogP contribution < -0.4 is 10.1 Å². The molecule has 0 bridgehead atoms. The Bertz CT molecular complexity index is 718. The Balaban J connectivity index is 1.92. The molecule has 2 aromatic rings. The molecule has 1 unspecified atom stereocenters. The lowest BCUT2D eigenvalue weighted by Crippen LogP contribution is -2.31. The second-order valence-electron chi connectivity index (χ2n) is 5.50. The first-order valence-corrected chi connectivity index (χ1v) is 7.69. The van der Waals surface area contributed by atoms with Crippen molar-refractivity contribution in [3.8, 4) is 5.75 Å². The first-order chi connectivity index (χ1) is 10.9. The summed E-state index contributed by atoms with van der Waals surface area (Å²) >= 11 is 5.85. The van der Waals surface area contributed by atoms with Crippen LogP contribution in [0, 0.1) is 19.7 Å². The zero-order valence-electron chi connectivity index (χ0n) is 13.3. The highest BCUT2D eigenvalue weighted by Gasteiger charge is 2.12. The number of halogens is 2. The average Bonchev–Trinajstić information content (AvgIpc) is 2.49. The van der Waals surface area contributed by atoms with Crippen LogP contribution in [-0.2, 0) is 4.79 Å². The first-order valence-electron chi connectivity index (χ1n) is 7.31. The third-order valence-corrected chi connectivity index (χ3v) is 3.96. The third kappa shape index (κ3) is 4.70. The SMILES string of the molecule is Cc1ccc(C(C)NC(=O)COc2ccc(F)cc2Cl)cc1C. The predicted molar refractivity (Wildman–Crippen MR) is 89.4 cm³/mol. The Kier molecular flexibility index (Phi) is 5.61. The van der Waals surface area contributed by atoms with Crippen LogP contribution in [0.4, 0.5) is 4.39 Å². The quantitative estimate of drug-likeness (QED) is 0.882. The molecule has 0 heterocycles. The highest BCUT2D eigenvalue weighted by molar-refractivity contribution is 6.32. The van der Waals surface area contributed by atoms with Crippen LogP contribution in [0.1, 0.15) is 29.7 Å². The zero-order chi connectivity index (χ0) is 17.0. The average molecular weight is 336 g/mol. The molecular weight excluding hydrogens is 317 g/mol. The summed E-state index contributed by atoms with van der Waals surface area (Å²) in [5, 5.41) is 3.00. The number of ether oxygens (including phenoxy) is 1. The Hall–Kier alpha value is -2.07. The van der Waals surface area contributed by atoms with E-state index in [2.05, 4.69) is 11.4 Å². The van der Waals surface area contributed by atoms with Crippen molar-refractivity contribution in [2.75, 3.05) is 6.61 Å². The molecule has 0 aliphatic carbocycles. The maximum Gasteiger partial charge on any atom is 0.258 e.